The van der Waals surface area contributed by atoms with Crippen molar-refractivity contribution in [1.82, 2.24) is 14.8 Å². The second kappa shape index (κ2) is 10.6. The smallest absolute Gasteiger partial charge is 0.234 e. The molecule has 0 radical (unpaired) electrons. The first-order valence-corrected chi connectivity index (χ1v) is 10.8. The molecule has 0 aliphatic carbocycles. The first-order valence-electron chi connectivity index (χ1n) is 9.06. The second-order valence-corrected chi connectivity index (χ2v) is 7.88. The van der Waals surface area contributed by atoms with E-state index in [2.05, 4.69) is 15.5 Å². The lowest BCUT2D eigenvalue weighted by Crippen LogP contribution is -2.15. The summed E-state index contributed by atoms with van der Waals surface area (Å²) in [5.74, 6) is 1.86. The van der Waals surface area contributed by atoms with E-state index in [9.17, 15) is 4.79 Å². The van der Waals surface area contributed by atoms with Crippen molar-refractivity contribution < 1.29 is 14.3 Å². The summed E-state index contributed by atoms with van der Waals surface area (Å²) in [5.41, 5.74) is 0.518. The normalized spacial score (nSPS) is 10.7. The minimum atomic E-state index is -0.204. The monoisotopic (exact) mass is 466 g/mol. The van der Waals surface area contributed by atoms with Crippen LogP contribution in [0, 0.1) is 0 Å². The summed E-state index contributed by atoms with van der Waals surface area (Å²) in [6, 6.07) is 12.1. The fourth-order valence-electron chi connectivity index (χ4n) is 2.62. The molecule has 3 aromatic rings. The van der Waals surface area contributed by atoms with Gasteiger partial charge in [-0.15, -0.1) is 10.2 Å². The zero-order valence-electron chi connectivity index (χ0n) is 16.4. The number of nitrogens with zero attached hydrogens (tertiary/aromatic N) is 3. The molecule has 0 atom stereocenters. The number of hydrogen-bond donors (Lipinski definition) is 1. The lowest BCUT2D eigenvalue weighted by molar-refractivity contribution is -0.113. The summed E-state index contributed by atoms with van der Waals surface area (Å²) in [6.07, 6.45) is 0. The van der Waals surface area contributed by atoms with Gasteiger partial charge in [-0.25, -0.2) is 0 Å². The first-order chi connectivity index (χ1) is 14.5. The van der Waals surface area contributed by atoms with Gasteiger partial charge in [0.25, 0.3) is 0 Å². The van der Waals surface area contributed by atoms with E-state index in [0.29, 0.717) is 44.8 Å². The Balaban J connectivity index is 1.59. The number of aromatic nitrogens is 3. The Hall–Kier alpha value is -2.42. The summed E-state index contributed by atoms with van der Waals surface area (Å²) >= 11 is 13.2. The Labute approximate surface area is 188 Å². The highest BCUT2D eigenvalue weighted by Gasteiger charge is 2.15. The van der Waals surface area contributed by atoms with Crippen molar-refractivity contribution in [2.75, 3.05) is 18.2 Å². The molecule has 158 valence electrons. The Kier molecular flexibility index (Phi) is 7.84. The SMILES string of the molecule is CCn1c(COc2ccc(Cl)cc2)nnc1SCC(=O)Nc1cc(Cl)ccc1OC. The molecule has 7 nitrogen and oxygen atoms in total. The number of thioether (sulfide) groups is 1. The van der Waals surface area contributed by atoms with Gasteiger partial charge >= 0.3 is 0 Å². The lowest BCUT2D eigenvalue weighted by Gasteiger charge is -2.11. The van der Waals surface area contributed by atoms with Crippen LogP contribution in [0.4, 0.5) is 5.69 Å². The van der Waals surface area contributed by atoms with Gasteiger partial charge in [0.2, 0.25) is 5.91 Å². The molecule has 0 bridgehead atoms. The first kappa shape index (κ1) is 22.3. The molecule has 0 fully saturated rings. The molecule has 0 saturated heterocycles. The van der Waals surface area contributed by atoms with Gasteiger partial charge in [0, 0.05) is 16.6 Å². The molecule has 0 saturated carbocycles. The molecule has 0 unspecified atom stereocenters. The summed E-state index contributed by atoms with van der Waals surface area (Å²) in [4.78, 5) is 12.4. The number of benzene rings is 2. The van der Waals surface area contributed by atoms with Crippen LogP contribution in [0.3, 0.4) is 0 Å². The number of amides is 1. The fourth-order valence-corrected chi connectivity index (χ4v) is 3.74. The highest BCUT2D eigenvalue weighted by atomic mass is 35.5. The molecular weight excluding hydrogens is 447 g/mol. The summed E-state index contributed by atoms with van der Waals surface area (Å²) in [7, 11) is 1.53. The Bertz CT molecular complexity index is 1010. The molecule has 0 aliphatic rings. The van der Waals surface area contributed by atoms with Crippen LogP contribution in [0.1, 0.15) is 12.7 Å². The van der Waals surface area contributed by atoms with E-state index in [1.807, 2.05) is 11.5 Å². The maximum absolute atomic E-state index is 12.4. The number of methoxy groups -OCH3 is 1. The van der Waals surface area contributed by atoms with Gasteiger partial charge < -0.3 is 19.4 Å². The van der Waals surface area contributed by atoms with E-state index in [1.165, 1.54) is 18.9 Å². The predicted molar refractivity (Wildman–Crippen MR) is 119 cm³/mol. The van der Waals surface area contributed by atoms with Crippen LogP contribution >= 0.6 is 35.0 Å². The van der Waals surface area contributed by atoms with Crippen molar-refractivity contribution in [2.45, 2.75) is 25.2 Å². The van der Waals surface area contributed by atoms with Crippen LogP contribution in [0.5, 0.6) is 11.5 Å². The average molecular weight is 467 g/mol. The summed E-state index contributed by atoms with van der Waals surface area (Å²) in [5, 5.41) is 13.0. The number of rotatable bonds is 9. The van der Waals surface area contributed by atoms with Gasteiger partial charge in [-0.1, -0.05) is 35.0 Å². The van der Waals surface area contributed by atoms with E-state index >= 15 is 0 Å². The second-order valence-electron chi connectivity index (χ2n) is 6.07. The standard InChI is InChI=1S/C20H20Cl2N4O3S/c1-3-26-18(11-29-15-7-4-13(21)5-8-15)24-25-20(26)30-12-19(27)23-16-10-14(22)6-9-17(16)28-2/h4-10H,3,11-12H2,1-2H3,(H,23,27). The maximum atomic E-state index is 12.4. The third-order valence-electron chi connectivity index (χ3n) is 4.06. The third kappa shape index (κ3) is 5.81. The molecule has 1 aromatic heterocycles. The average Bonchev–Trinajstić information content (AvgIpc) is 3.14. The zero-order chi connectivity index (χ0) is 21.5. The predicted octanol–water partition coefficient (Wildman–Crippen LogP) is 4.92. The fraction of sp³-hybridized carbons (Fsp3) is 0.250. The minimum absolute atomic E-state index is 0.159. The molecule has 10 heteroatoms. The molecule has 30 heavy (non-hydrogen) atoms. The maximum Gasteiger partial charge on any atom is 0.234 e. The van der Waals surface area contributed by atoms with Crippen molar-refractivity contribution in [1.29, 1.82) is 0 Å². The molecule has 1 N–H and O–H groups in total. The van der Waals surface area contributed by atoms with Crippen molar-refractivity contribution in [3.8, 4) is 11.5 Å². The quantitative estimate of drug-likeness (QED) is 0.450. The number of carbonyl (C=O) groups is 1. The molecular formula is C20H20Cl2N4O3S. The van der Waals surface area contributed by atoms with Crippen LogP contribution in [-0.2, 0) is 17.9 Å². The third-order valence-corrected chi connectivity index (χ3v) is 5.51. The van der Waals surface area contributed by atoms with Crippen LogP contribution in [0.15, 0.2) is 47.6 Å². The van der Waals surface area contributed by atoms with Gasteiger partial charge in [-0.3, -0.25) is 4.79 Å². The summed E-state index contributed by atoms with van der Waals surface area (Å²) < 4.78 is 12.9. The number of ether oxygens (including phenoxy) is 2. The zero-order valence-corrected chi connectivity index (χ0v) is 18.7. The van der Waals surface area contributed by atoms with Crippen molar-refractivity contribution in [3.05, 3.63) is 58.3 Å². The van der Waals surface area contributed by atoms with Gasteiger partial charge in [-0.2, -0.15) is 0 Å². The van der Waals surface area contributed by atoms with Crippen LogP contribution in [-0.4, -0.2) is 33.5 Å². The van der Waals surface area contributed by atoms with Crippen molar-refractivity contribution in [3.63, 3.8) is 0 Å². The van der Waals surface area contributed by atoms with Crippen LogP contribution < -0.4 is 14.8 Å². The largest absolute Gasteiger partial charge is 0.495 e. The Morgan fingerprint density at radius 2 is 1.87 bits per heavy atom. The summed E-state index contributed by atoms with van der Waals surface area (Å²) in [6.45, 7) is 2.89. The Morgan fingerprint density at radius 1 is 1.13 bits per heavy atom. The number of halogens is 2. The van der Waals surface area contributed by atoms with E-state index in [1.54, 1.807) is 42.5 Å². The minimum Gasteiger partial charge on any atom is -0.495 e. The molecule has 2 aromatic carbocycles. The van der Waals surface area contributed by atoms with E-state index < -0.39 is 0 Å². The molecule has 1 amide bonds. The van der Waals surface area contributed by atoms with E-state index in [0.717, 1.165) is 0 Å². The molecule has 1 heterocycles. The van der Waals surface area contributed by atoms with Gasteiger partial charge in [0.05, 0.1) is 18.6 Å². The van der Waals surface area contributed by atoms with Gasteiger partial charge in [0.1, 0.15) is 18.1 Å². The molecule has 0 spiro atoms. The Morgan fingerprint density at radius 3 is 2.57 bits per heavy atom. The van der Waals surface area contributed by atoms with Crippen molar-refractivity contribution >= 4 is 46.6 Å². The number of nitrogens with one attached hydrogen (secondary N) is 1. The number of carbonyl (C=O) groups excluding carboxylic acids is 1. The molecule has 3 rings (SSSR count). The van der Waals surface area contributed by atoms with Crippen LogP contribution in [0.25, 0.3) is 0 Å². The van der Waals surface area contributed by atoms with Gasteiger partial charge in [0.15, 0.2) is 11.0 Å². The number of anilines is 1. The van der Waals surface area contributed by atoms with E-state index in [4.69, 9.17) is 32.7 Å². The molecule has 0 aliphatic heterocycles. The van der Waals surface area contributed by atoms with Crippen LogP contribution in [0.2, 0.25) is 10.0 Å². The number of hydrogen-bond acceptors (Lipinski definition) is 6. The van der Waals surface area contributed by atoms with E-state index in [-0.39, 0.29) is 18.3 Å². The highest BCUT2D eigenvalue weighted by molar-refractivity contribution is 7.99. The highest BCUT2D eigenvalue weighted by Crippen LogP contribution is 2.28. The van der Waals surface area contributed by atoms with Gasteiger partial charge in [-0.05, 0) is 49.4 Å². The topological polar surface area (TPSA) is 78.3 Å². The van der Waals surface area contributed by atoms with Crippen molar-refractivity contribution in [2.24, 2.45) is 0 Å². The lowest BCUT2D eigenvalue weighted by atomic mass is 10.3.